The Hall–Kier alpha value is -0.160. The van der Waals surface area contributed by atoms with Crippen molar-refractivity contribution >= 4 is 0 Å². The molecule has 1 aliphatic heterocycles. The molecule has 0 aliphatic carbocycles. The van der Waals surface area contributed by atoms with Crippen molar-refractivity contribution in [2.45, 2.75) is 37.9 Å². The van der Waals surface area contributed by atoms with E-state index in [2.05, 4.69) is 0 Å². The van der Waals surface area contributed by atoms with Crippen molar-refractivity contribution in [2.75, 3.05) is 21.3 Å². The number of ether oxygens (including phenoxy) is 4. The Kier molecular flexibility index (Phi) is 3.29. The summed E-state index contributed by atoms with van der Waals surface area (Å²) in [6, 6.07) is 0. The Morgan fingerprint density at radius 2 is 1.77 bits per heavy atom. The smallest absolute Gasteiger partial charge is 0.186 e. The first-order valence-corrected chi connectivity index (χ1v) is 4.36. The van der Waals surface area contributed by atoms with Crippen LogP contribution in [0.15, 0.2) is 0 Å². The topological polar surface area (TPSA) is 36.9 Å². The zero-order chi connectivity index (χ0) is 10.1. The van der Waals surface area contributed by atoms with Crippen molar-refractivity contribution in [2.24, 2.45) is 0 Å². The summed E-state index contributed by atoms with van der Waals surface area (Å²) in [6.45, 7) is 3.92. The molecule has 1 rings (SSSR count). The van der Waals surface area contributed by atoms with Gasteiger partial charge in [0.1, 0.15) is 11.7 Å². The van der Waals surface area contributed by atoms with Gasteiger partial charge in [-0.1, -0.05) is 0 Å². The predicted octanol–water partition coefficient (Wildman–Crippen LogP) is 0.798. The molecule has 0 radical (unpaired) electrons. The quantitative estimate of drug-likeness (QED) is 0.659. The molecule has 4 nitrogen and oxygen atoms in total. The van der Waals surface area contributed by atoms with Gasteiger partial charge in [-0.2, -0.15) is 0 Å². The highest BCUT2D eigenvalue weighted by Crippen LogP contribution is 2.35. The van der Waals surface area contributed by atoms with E-state index >= 15 is 0 Å². The van der Waals surface area contributed by atoms with Gasteiger partial charge in [0.05, 0.1) is 6.10 Å². The first kappa shape index (κ1) is 10.9. The Morgan fingerprint density at radius 3 is 2.15 bits per heavy atom. The van der Waals surface area contributed by atoms with Gasteiger partial charge in [0.2, 0.25) is 0 Å². The highest BCUT2D eigenvalue weighted by atomic mass is 16.7. The second-order valence-corrected chi connectivity index (χ2v) is 3.43. The average Bonchev–Trinajstić information content (AvgIpc) is 2.39. The SMILES string of the molecule is CO[C@@H]1O[C@H](C)[C@@](C)(OC)[C@H]1OC. The average molecular weight is 190 g/mol. The highest BCUT2D eigenvalue weighted by Gasteiger charge is 2.53. The number of methoxy groups -OCH3 is 3. The van der Waals surface area contributed by atoms with E-state index in [0.29, 0.717) is 0 Å². The zero-order valence-electron chi connectivity index (χ0n) is 8.87. The van der Waals surface area contributed by atoms with E-state index < -0.39 is 5.60 Å². The van der Waals surface area contributed by atoms with Crippen LogP contribution in [-0.4, -0.2) is 45.4 Å². The molecular formula is C9H18O4. The summed E-state index contributed by atoms with van der Waals surface area (Å²) < 4.78 is 21.4. The number of rotatable bonds is 3. The van der Waals surface area contributed by atoms with Gasteiger partial charge in [-0.3, -0.25) is 0 Å². The third-order valence-corrected chi connectivity index (χ3v) is 2.88. The van der Waals surface area contributed by atoms with Crippen LogP contribution in [-0.2, 0) is 18.9 Å². The van der Waals surface area contributed by atoms with Crippen LogP contribution in [0.5, 0.6) is 0 Å². The lowest BCUT2D eigenvalue weighted by molar-refractivity contribution is -0.157. The molecule has 1 saturated heterocycles. The molecule has 4 atom stereocenters. The predicted molar refractivity (Wildman–Crippen MR) is 47.6 cm³/mol. The lowest BCUT2D eigenvalue weighted by Crippen LogP contribution is -2.47. The molecule has 0 aromatic heterocycles. The first-order valence-electron chi connectivity index (χ1n) is 4.36. The van der Waals surface area contributed by atoms with Gasteiger partial charge < -0.3 is 18.9 Å². The fourth-order valence-corrected chi connectivity index (χ4v) is 1.72. The largest absolute Gasteiger partial charge is 0.373 e. The maximum Gasteiger partial charge on any atom is 0.186 e. The summed E-state index contributed by atoms with van der Waals surface area (Å²) >= 11 is 0. The molecule has 1 aliphatic rings. The summed E-state index contributed by atoms with van der Waals surface area (Å²) in [5.41, 5.74) is -0.435. The molecular weight excluding hydrogens is 172 g/mol. The van der Waals surface area contributed by atoms with Crippen molar-refractivity contribution in [3.63, 3.8) is 0 Å². The van der Waals surface area contributed by atoms with Crippen LogP contribution < -0.4 is 0 Å². The van der Waals surface area contributed by atoms with Crippen molar-refractivity contribution in [3.05, 3.63) is 0 Å². The Balaban J connectivity index is 2.82. The van der Waals surface area contributed by atoms with Crippen LogP contribution in [0.3, 0.4) is 0 Å². The number of hydrogen-bond donors (Lipinski definition) is 0. The molecule has 78 valence electrons. The molecule has 1 fully saturated rings. The van der Waals surface area contributed by atoms with Gasteiger partial charge in [0.15, 0.2) is 6.29 Å². The second kappa shape index (κ2) is 3.92. The van der Waals surface area contributed by atoms with Crippen molar-refractivity contribution < 1.29 is 18.9 Å². The lowest BCUT2D eigenvalue weighted by Gasteiger charge is -2.31. The molecule has 13 heavy (non-hydrogen) atoms. The maximum absolute atomic E-state index is 5.55. The molecule has 0 bridgehead atoms. The van der Waals surface area contributed by atoms with Gasteiger partial charge in [0.25, 0.3) is 0 Å². The minimum atomic E-state index is -0.435. The number of hydrogen-bond acceptors (Lipinski definition) is 4. The molecule has 0 N–H and O–H groups in total. The van der Waals surface area contributed by atoms with Crippen molar-refractivity contribution in [1.82, 2.24) is 0 Å². The summed E-state index contributed by atoms with van der Waals surface area (Å²) in [4.78, 5) is 0. The van der Waals surface area contributed by atoms with E-state index in [9.17, 15) is 0 Å². The minimum Gasteiger partial charge on any atom is -0.373 e. The third-order valence-electron chi connectivity index (χ3n) is 2.88. The third kappa shape index (κ3) is 1.59. The van der Waals surface area contributed by atoms with Crippen molar-refractivity contribution in [1.29, 1.82) is 0 Å². The van der Waals surface area contributed by atoms with Gasteiger partial charge in [-0.15, -0.1) is 0 Å². The Morgan fingerprint density at radius 1 is 1.15 bits per heavy atom. The lowest BCUT2D eigenvalue weighted by atomic mass is 9.95. The molecule has 0 aromatic carbocycles. The van der Waals surface area contributed by atoms with E-state index in [1.807, 2.05) is 13.8 Å². The summed E-state index contributed by atoms with van der Waals surface area (Å²) in [5.74, 6) is 0. The summed E-state index contributed by atoms with van der Waals surface area (Å²) in [6.07, 6.45) is -0.560. The normalized spacial score (nSPS) is 45.5. The first-order chi connectivity index (χ1) is 6.10. The molecule has 1 heterocycles. The van der Waals surface area contributed by atoms with E-state index in [1.165, 1.54) is 0 Å². The van der Waals surface area contributed by atoms with E-state index in [-0.39, 0.29) is 18.5 Å². The zero-order valence-corrected chi connectivity index (χ0v) is 8.87. The molecule has 0 amide bonds. The van der Waals surface area contributed by atoms with E-state index in [0.717, 1.165) is 0 Å². The van der Waals surface area contributed by atoms with Crippen LogP contribution in [0.1, 0.15) is 13.8 Å². The highest BCUT2D eigenvalue weighted by molar-refractivity contribution is 4.98. The Bertz CT molecular complexity index is 173. The van der Waals surface area contributed by atoms with Crippen LogP contribution in [0.4, 0.5) is 0 Å². The van der Waals surface area contributed by atoms with E-state index in [1.54, 1.807) is 21.3 Å². The van der Waals surface area contributed by atoms with E-state index in [4.69, 9.17) is 18.9 Å². The monoisotopic (exact) mass is 190 g/mol. The molecule has 0 saturated carbocycles. The Labute approximate surface area is 79.1 Å². The van der Waals surface area contributed by atoms with Crippen LogP contribution in [0.2, 0.25) is 0 Å². The van der Waals surface area contributed by atoms with Crippen molar-refractivity contribution in [3.8, 4) is 0 Å². The molecule has 0 aromatic rings. The standard InChI is InChI=1S/C9H18O4/c1-6-9(2,12-5)7(10-3)8(11-4)13-6/h6-8H,1-5H3/t6-,7+,8-,9-/m1/s1. The van der Waals surface area contributed by atoms with Crippen LogP contribution >= 0.6 is 0 Å². The molecule has 0 spiro atoms. The van der Waals surface area contributed by atoms with Gasteiger partial charge in [-0.05, 0) is 13.8 Å². The fraction of sp³-hybridized carbons (Fsp3) is 1.00. The summed E-state index contributed by atoms with van der Waals surface area (Å²) in [5, 5.41) is 0. The maximum atomic E-state index is 5.55. The second-order valence-electron chi connectivity index (χ2n) is 3.43. The molecule has 4 heteroatoms. The van der Waals surface area contributed by atoms with Gasteiger partial charge >= 0.3 is 0 Å². The molecule has 0 unspecified atom stereocenters. The minimum absolute atomic E-state index is 0.0348. The van der Waals surface area contributed by atoms with Gasteiger partial charge in [-0.25, -0.2) is 0 Å². The van der Waals surface area contributed by atoms with Crippen LogP contribution in [0.25, 0.3) is 0 Å². The fourth-order valence-electron chi connectivity index (χ4n) is 1.72. The summed E-state index contributed by atoms with van der Waals surface area (Å²) in [7, 11) is 4.89. The van der Waals surface area contributed by atoms with Gasteiger partial charge in [0, 0.05) is 21.3 Å². The van der Waals surface area contributed by atoms with Crippen LogP contribution in [0, 0.1) is 0 Å².